The third-order valence-corrected chi connectivity index (χ3v) is 15.0. The van der Waals surface area contributed by atoms with E-state index in [1.165, 1.54) is 231 Å². The van der Waals surface area contributed by atoms with Crippen LogP contribution in [0.25, 0.3) is 0 Å². The Morgan fingerprint density at radius 1 is 0.260 bits per heavy atom. The number of carbonyl (C=O) groups excluding carboxylic acids is 3. The highest BCUT2D eigenvalue weighted by Crippen LogP contribution is 2.17. The fourth-order valence-corrected chi connectivity index (χ4v) is 9.89. The van der Waals surface area contributed by atoms with Crippen molar-refractivity contribution in [3.8, 4) is 0 Å². The van der Waals surface area contributed by atoms with Crippen LogP contribution >= 0.6 is 0 Å². The van der Waals surface area contributed by atoms with Crippen LogP contribution in [0.2, 0.25) is 0 Å². The summed E-state index contributed by atoms with van der Waals surface area (Å²) in [6, 6.07) is 0. The van der Waals surface area contributed by atoms with E-state index in [2.05, 4.69) is 81.5 Å². The van der Waals surface area contributed by atoms with Crippen molar-refractivity contribution in [2.75, 3.05) is 13.2 Å². The fraction of sp³-hybridized carbons (Fsp3) is 0.817. The van der Waals surface area contributed by atoms with Crippen LogP contribution in [0.4, 0.5) is 0 Å². The summed E-state index contributed by atoms with van der Waals surface area (Å²) in [5.74, 6) is -0.874. The van der Waals surface area contributed by atoms with Crippen molar-refractivity contribution in [2.45, 2.75) is 361 Å². The normalized spacial score (nSPS) is 12.4. The Bertz CT molecular complexity index is 1380. The first-order valence-electron chi connectivity index (χ1n) is 33.8. The van der Waals surface area contributed by atoms with Gasteiger partial charge in [-0.05, 0) is 89.9 Å². The minimum atomic E-state index is -0.772. The number of rotatable bonds is 62. The summed E-state index contributed by atoms with van der Waals surface area (Å²) < 4.78 is 16.8. The van der Waals surface area contributed by atoms with Gasteiger partial charge in [0.15, 0.2) is 6.10 Å². The van der Waals surface area contributed by atoms with Crippen LogP contribution in [0.15, 0.2) is 60.8 Å². The number of hydrogen-bond acceptors (Lipinski definition) is 6. The Hall–Kier alpha value is -2.89. The molecule has 0 radical (unpaired) electrons. The molecule has 0 amide bonds. The van der Waals surface area contributed by atoms with E-state index in [4.69, 9.17) is 14.2 Å². The van der Waals surface area contributed by atoms with Crippen molar-refractivity contribution in [1.82, 2.24) is 0 Å². The number of hydrogen-bond donors (Lipinski definition) is 0. The minimum absolute atomic E-state index is 0.0728. The number of allylic oxidation sites excluding steroid dienone is 10. The molecule has 0 fully saturated rings. The van der Waals surface area contributed by atoms with E-state index in [-0.39, 0.29) is 31.1 Å². The Kier molecular flexibility index (Phi) is 63.2. The van der Waals surface area contributed by atoms with Gasteiger partial charge in [-0.1, -0.05) is 306 Å². The van der Waals surface area contributed by atoms with Crippen LogP contribution in [-0.4, -0.2) is 37.2 Å². The number of ether oxygens (including phenoxy) is 3. The van der Waals surface area contributed by atoms with Crippen LogP contribution in [0, 0.1) is 0 Å². The molecule has 0 aromatic heterocycles. The van der Waals surface area contributed by atoms with Crippen molar-refractivity contribution in [3.63, 3.8) is 0 Å². The van der Waals surface area contributed by atoms with Gasteiger partial charge in [-0.3, -0.25) is 14.4 Å². The van der Waals surface area contributed by atoms with Gasteiger partial charge < -0.3 is 14.2 Å². The van der Waals surface area contributed by atoms with E-state index in [0.717, 1.165) is 83.5 Å². The maximum absolute atomic E-state index is 12.8. The van der Waals surface area contributed by atoms with Gasteiger partial charge in [-0.2, -0.15) is 0 Å². The molecule has 77 heavy (non-hydrogen) atoms. The minimum Gasteiger partial charge on any atom is -0.462 e. The lowest BCUT2D eigenvalue weighted by Gasteiger charge is -2.18. The molecule has 6 heteroatoms. The van der Waals surface area contributed by atoms with E-state index < -0.39 is 6.10 Å². The highest BCUT2D eigenvalue weighted by molar-refractivity contribution is 5.71. The van der Waals surface area contributed by atoms with E-state index in [1.54, 1.807) is 0 Å². The van der Waals surface area contributed by atoms with Crippen molar-refractivity contribution >= 4 is 17.9 Å². The molecule has 0 saturated heterocycles. The SMILES string of the molecule is CCCCCCC/C=C\C/C=C\C/C=C\CCCCCCCCCCCCC(=O)OC(COC(=O)CCCCCCC)COC(=O)CCCCCCCCCCCCCCCCCCC/C=C\C/C=C\CCCCCCC. The van der Waals surface area contributed by atoms with E-state index in [0.29, 0.717) is 19.3 Å². The Morgan fingerprint density at radius 2 is 0.468 bits per heavy atom. The van der Waals surface area contributed by atoms with Crippen LogP contribution < -0.4 is 0 Å². The maximum Gasteiger partial charge on any atom is 0.306 e. The molecule has 1 atom stereocenters. The first kappa shape index (κ1) is 74.1. The second-order valence-corrected chi connectivity index (χ2v) is 22.7. The average Bonchev–Trinajstić information content (AvgIpc) is 3.43. The van der Waals surface area contributed by atoms with E-state index >= 15 is 0 Å². The third kappa shape index (κ3) is 63.8. The lowest BCUT2D eigenvalue weighted by molar-refractivity contribution is -0.167. The van der Waals surface area contributed by atoms with Gasteiger partial charge in [0.25, 0.3) is 0 Å². The molecule has 0 rings (SSSR count). The molecule has 0 aliphatic heterocycles. The molecular weight excluding hydrogens is 949 g/mol. The zero-order valence-electron chi connectivity index (χ0n) is 51.5. The van der Waals surface area contributed by atoms with Crippen molar-refractivity contribution in [3.05, 3.63) is 60.8 Å². The second-order valence-electron chi connectivity index (χ2n) is 22.7. The summed E-state index contributed by atoms with van der Waals surface area (Å²) in [6.45, 7) is 6.58. The molecule has 0 aliphatic rings. The summed E-state index contributed by atoms with van der Waals surface area (Å²) in [6.07, 6.45) is 84.4. The van der Waals surface area contributed by atoms with Crippen LogP contribution in [0.5, 0.6) is 0 Å². The standard InChI is InChI=1S/C71H128O6/c1-4-7-10-13-15-17-19-21-23-25-27-29-31-33-34-35-36-38-39-41-43-45-47-49-51-53-55-58-61-64-70(73)76-67-68(66-75-69(72)63-60-57-12-9-6-3)77-71(74)65-62-59-56-54-52-50-48-46-44-42-40-37-32-30-28-26-24-22-20-18-16-14-11-8-5-2/h19-22,25-28,32,37,68H,4-18,23-24,29-31,33-36,38-67H2,1-3H3/b21-19-,22-20-,27-25-,28-26-,37-32-. The van der Waals surface area contributed by atoms with Gasteiger partial charge >= 0.3 is 17.9 Å². The lowest BCUT2D eigenvalue weighted by Crippen LogP contribution is -2.30. The van der Waals surface area contributed by atoms with Gasteiger partial charge in [-0.15, -0.1) is 0 Å². The van der Waals surface area contributed by atoms with Crippen molar-refractivity contribution < 1.29 is 28.6 Å². The zero-order chi connectivity index (χ0) is 55.7. The first-order valence-corrected chi connectivity index (χ1v) is 33.8. The first-order chi connectivity index (χ1) is 38.0. The largest absolute Gasteiger partial charge is 0.462 e. The predicted octanol–water partition coefficient (Wildman–Crippen LogP) is 23.1. The Morgan fingerprint density at radius 3 is 0.727 bits per heavy atom. The smallest absolute Gasteiger partial charge is 0.306 e. The number of carbonyl (C=O) groups is 3. The van der Waals surface area contributed by atoms with Gasteiger partial charge in [0.05, 0.1) is 0 Å². The molecule has 0 aliphatic carbocycles. The van der Waals surface area contributed by atoms with Crippen molar-refractivity contribution in [2.24, 2.45) is 0 Å². The zero-order valence-corrected chi connectivity index (χ0v) is 51.5. The number of esters is 3. The van der Waals surface area contributed by atoms with E-state index in [9.17, 15) is 14.4 Å². The quantitative estimate of drug-likeness (QED) is 0.0261. The molecular formula is C71H128O6. The van der Waals surface area contributed by atoms with Gasteiger partial charge in [0.2, 0.25) is 0 Å². The summed E-state index contributed by atoms with van der Waals surface area (Å²) in [7, 11) is 0. The highest BCUT2D eigenvalue weighted by Gasteiger charge is 2.19. The molecule has 0 N–H and O–H groups in total. The molecule has 1 unspecified atom stereocenters. The highest BCUT2D eigenvalue weighted by atomic mass is 16.6. The monoisotopic (exact) mass is 1080 g/mol. The van der Waals surface area contributed by atoms with Crippen LogP contribution in [-0.2, 0) is 28.6 Å². The van der Waals surface area contributed by atoms with Crippen LogP contribution in [0.1, 0.15) is 355 Å². The third-order valence-electron chi connectivity index (χ3n) is 15.0. The fourth-order valence-electron chi connectivity index (χ4n) is 9.89. The van der Waals surface area contributed by atoms with E-state index in [1.807, 2.05) is 0 Å². The average molecular weight is 1080 g/mol. The second kappa shape index (κ2) is 65.6. The molecule has 0 heterocycles. The van der Waals surface area contributed by atoms with Gasteiger partial charge in [0.1, 0.15) is 13.2 Å². The summed E-state index contributed by atoms with van der Waals surface area (Å²) in [5, 5.41) is 0. The molecule has 6 nitrogen and oxygen atoms in total. The van der Waals surface area contributed by atoms with Gasteiger partial charge in [0, 0.05) is 19.3 Å². The van der Waals surface area contributed by atoms with Crippen LogP contribution in [0.3, 0.4) is 0 Å². The Balaban J connectivity index is 3.98. The predicted molar refractivity (Wildman–Crippen MR) is 335 cm³/mol. The Labute approximate surface area is 479 Å². The maximum atomic E-state index is 12.8. The lowest BCUT2D eigenvalue weighted by atomic mass is 10.0. The van der Waals surface area contributed by atoms with Crippen molar-refractivity contribution in [1.29, 1.82) is 0 Å². The topological polar surface area (TPSA) is 78.9 Å². The molecule has 448 valence electrons. The summed E-state index contributed by atoms with van der Waals surface area (Å²) >= 11 is 0. The summed E-state index contributed by atoms with van der Waals surface area (Å²) in [4.78, 5) is 38.0. The summed E-state index contributed by atoms with van der Waals surface area (Å²) in [5.41, 5.74) is 0. The molecule has 0 aromatic carbocycles. The molecule has 0 spiro atoms. The molecule has 0 saturated carbocycles. The number of unbranched alkanes of at least 4 members (excludes halogenated alkanes) is 41. The van der Waals surface area contributed by atoms with Gasteiger partial charge in [-0.25, -0.2) is 0 Å². The molecule has 0 aromatic rings. The molecule has 0 bridgehead atoms.